The highest BCUT2D eigenvalue weighted by Gasteiger charge is 2.15. The monoisotopic (exact) mass is 304 g/mol. The number of unbranched alkanes of at least 4 members (excludes halogenated alkanes) is 2. The SMILES string of the molecule is CCCCCNS(=O)(=O)c1csc(CNC(C)C)c1. The van der Waals surface area contributed by atoms with E-state index in [9.17, 15) is 8.42 Å². The number of hydrogen-bond acceptors (Lipinski definition) is 4. The molecule has 0 atom stereocenters. The Balaban J connectivity index is 2.53. The Morgan fingerprint density at radius 1 is 1.32 bits per heavy atom. The van der Waals surface area contributed by atoms with Crippen LogP contribution in [0.15, 0.2) is 16.3 Å². The molecule has 0 saturated carbocycles. The van der Waals surface area contributed by atoms with Gasteiger partial charge in [-0.2, -0.15) is 0 Å². The highest BCUT2D eigenvalue weighted by atomic mass is 32.2. The molecule has 0 spiro atoms. The highest BCUT2D eigenvalue weighted by Crippen LogP contribution is 2.19. The van der Waals surface area contributed by atoms with Crippen LogP contribution < -0.4 is 10.0 Å². The Hall–Kier alpha value is -0.430. The van der Waals surface area contributed by atoms with Gasteiger partial charge in [-0.1, -0.05) is 33.6 Å². The summed E-state index contributed by atoms with van der Waals surface area (Å²) in [6.45, 7) is 7.47. The van der Waals surface area contributed by atoms with Crippen molar-refractivity contribution >= 4 is 21.4 Å². The summed E-state index contributed by atoms with van der Waals surface area (Å²) in [6.07, 6.45) is 3.03. The van der Waals surface area contributed by atoms with E-state index >= 15 is 0 Å². The topological polar surface area (TPSA) is 58.2 Å². The van der Waals surface area contributed by atoms with E-state index in [-0.39, 0.29) is 0 Å². The van der Waals surface area contributed by atoms with Gasteiger partial charge in [0.2, 0.25) is 10.0 Å². The van der Waals surface area contributed by atoms with Gasteiger partial charge in [0.15, 0.2) is 0 Å². The first kappa shape index (κ1) is 16.6. The third-order valence-electron chi connectivity index (χ3n) is 2.70. The van der Waals surface area contributed by atoms with Crippen LogP contribution in [0.2, 0.25) is 0 Å². The van der Waals surface area contributed by atoms with Gasteiger partial charge in [0.05, 0.1) is 4.90 Å². The van der Waals surface area contributed by atoms with Crippen molar-refractivity contribution in [2.24, 2.45) is 0 Å². The lowest BCUT2D eigenvalue weighted by atomic mass is 10.3. The zero-order chi connectivity index (χ0) is 14.3. The van der Waals surface area contributed by atoms with E-state index < -0.39 is 10.0 Å². The summed E-state index contributed by atoms with van der Waals surface area (Å²) in [5.74, 6) is 0. The smallest absolute Gasteiger partial charge is 0.241 e. The minimum atomic E-state index is -3.33. The normalized spacial score (nSPS) is 12.2. The van der Waals surface area contributed by atoms with Crippen LogP contribution >= 0.6 is 11.3 Å². The summed E-state index contributed by atoms with van der Waals surface area (Å²) >= 11 is 1.48. The quantitative estimate of drug-likeness (QED) is 0.690. The Kier molecular flexibility index (Phi) is 6.99. The maximum Gasteiger partial charge on any atom is 0.241 e. The average molecular weight is 304 g/mol. The molecule has 0 fully saturated rings. The lowest BCUT2D eigenvalue weighted by Gasteiger charge is -2.05. The summed E-state index contributed by atoms with van der Waals surface area (Å²) in [6, 6.07) is 2.15. The van der Waals surface area contributed by atoms with E-state index in [4.69, 9.17) is 0 Å². The molecule has 0 radical (unpaired) electrons. The largest absolute Gasteiger partial charge is 0.310 e. The molecule has 2 N–H and O–H groups in total. The summed E-state index contributed by atoms with van der Waals surface area (Å²) in [4.78, 5) is 1.43. The summed E-state index contributed by atoms with van der Waals surface area (Å²) in [7, 11) is -3.33. The second-order valence-corrected chi connectivity index (χ2v) is 7.65. The van der Waals surface area contributed by atoms with Gasteiger partial charge >= 0.3 is 0 Å². The maximum absolute atomic E-state index is 12.0. The van der Waals surface area contributed by atoms with E-state index in [0.717, 1.165) is 24.1 Å². The Morgan fingerprint density at radius 3 is 2.68 bits per heavy atom. The van der Waals surface area contributed by atoms with Crippen LogP contribution in [0.3, 0.4) is 0 Å². The molecular formula is C13H24N2O2S2. The number of rotatable bonds is 9. The molecule has 0 unspecified atom stereocenters. The summed E-state index contributed by atoms with van der Waals surface area (Å²) < 4.78 is 26.7. The number of thiophene rings is 1. The van der Waals surface area contributed by atoms with Crippen LogP contribution in [0.1, 0.15) is 44.9 Å². The Morgan fingerprint density at radius 2 is 2.05 bits per heavy atom. The van der Waals surface area contributed by atoms with E-state index in [1.807, 2.05) is 0 Å². The zero-order valence-corrected chi connectivity index (χ0v) is 13.5. The molecule has 1 heterocycles. The fourth-order valence-electron chi connectivity index (χ4n) is 1.56. The van der Waals surface area contributed by atoms with Gasteiger partial charge in [-0.05, 0) is 12.5 Å². The lowest BCUT2D eigenvalue weighted by molar-refractivity contribution is 0.575. The predicted molar refractivity (Wildman–Crippen MR) is 81.0 cm³/mol. The van der Waals surface area contributed by atoms with Crippen LogP contribution in [0.25, 0.3) is 0 Å². The minimum absolute atomic E-state index is 0.384. The fraction of sp³-hybridized carbons (Fsp3) is 0.692. The molecule has 6 heteroatoms. The van der Waals surface area contributed by atoms with Crippen LogP contribution in [-0.4, -0.2) is 21.0 Å². The molecule has 0 aliphatic heterocycles. The van der Waals surface area contributed by atoms with Crippen molar-refractivity contribution in [1.82, 2.24) is 10.0 Å². The van der Waals surface area contributed by atoms with Gasteiger partial charge in [0.1, 0.15) is 0 Å². The molecule has 0 aromatic carbocycles. The van der Waals surface area contributed by atoms with Crippen molar-refractivity contribution in [3.63, 3.8) is 0 Å². The van der Waals surface area contributed by atoms with Crippen molar-refractivity contribution in [1.29, 1.82) is 0 Å². The van der Waals surface area contributed by atoms with Crippen molar-refractivity contribution in [2.45, 2.75) is 57.5 Å². The Labute approximate surface area is 120 Å². The third-order valence-corrected chi connectivity index (χ3v) is 5.22. The number of nitrogens with one attached hydrogen (secondary N) is 2. The van der Waals surface area contributed by atoms with Gasteiger partial charge in [0, 0.05) is 29.4 Å². The van der Waals surface area contributed by atoms with Crippen LogP contribution in [0.5, 0.6) is 0 Å². The molecule has 0 bridgehead atoms. The van der Waals surface area contributed by atoms with Gasteiger partial charge < -0.3 is 5.32 Å². The van der Waals surface area contributed by atoms with Crippen LogP contribution in [0.4, 0.5) is 0 Å². The maximum atomic E-state index is 12.0. The number of sulfonamides is 1. The van der Waals surface area contributed by atoms with Crippen LogP contribution in [-0.2, 0) is 16.6 Å². The second-order valence-electron chi connectivity index (χ2n) is 4.89. The molecule has 110 valence electrons. The zero-order valence-electron chi connectivity index (χ0n) is 11.9. The van der Waals surface area contributed by atoms with Crippen molar-refractivity contribution in [3.05, 3.63) is 16.3 Å². The first-order chi connectivity index (χ1) is 8.95. The molecule has 0 amide bonds. The summed E-state index contributed by atoms with van der Waals surface area (Å²) in [5, 5.41) is 4.99. The van der Waals surface area contributed by atoms with E-state index in [2.05, 4.69) is 30.8 Å². The molecule has 19 heavy (non-hydrogen) atoms. The van der Waals surface area contributed by atoms with Gasteiger partial charge in [-0.15, -0.1) is 11.3 Å². The average Bonchev–Trinajstić information content (AvgIpc) is 2.82. The second kappa shape index (κ2) is 7.99. The molecule has 0 aliphatic carbocycles. The van der Waals surface area contributed by atoms with Crippen molar-refractivity contribution < 1.29 is 8.42 Å². The molecule has 0 aliphatic rings. The van der Waals surface area contributed by atoms with E-state index in [1.54, 1.807) is 11.4 Å². The molecular weight excluding hydrogens is 280 g/mol. The van der Waals surface area contributed by atoms with E-state index in [1.165, 1.54) is 11.3 Å². The summed E-state index contributed by atoms with van der Waals surface area (Å²) in [5.41, 5.74) is 0. The van der Waals surface area contributed by atoms with Crippen molar-refractivity contribution in [3.8, 4) is 0 Å². The highest BCUT2D eigenvalue weighted by molar-refractivity contribution is 7.89. The molecule has 1 aromatic heterocycles. The first-order valence-electron chi connectivity index (χ1n) is 6.76. The minimum Gasteiger partial charge on any atom is -0.310 e. The molecule has 4 nitrogen and oxygen atoms in total. The van der Waals surface area contributed by atoms with Crippen molar-refractivity contribution in [2.75, 3.05) is 6.54 Å². The third kappa shape index (κ3) is 6.03. The van der Waals surface area contributed by atoms with Gasteiger partial charge in [0.25, 0.3) is 0 Å². The fourth-order valence-corrected chi connectivity index (χ4v) is 3.86. The first-order valence-corrected chi connectivity index (χ1v) is 9.12. The standard InChI is InChI=1S/C13H24N2O2S2/c1-4-5-6-7-15-19(16,17)13-8-12(18-10-13)9-14-11(2)3/h8,10-11,14-15H,4-7,9H2,1-3H3. The van der Waals surface area contributed by atoms with Crippen LogP contribution in [0, 0.1) is 0 Å². The lowest BCUT2D eigenvalue weighted by Crippen LogP contribution is -2.24. The van der Waals surface area contributed by atoms with Gasteiger partial charge in [-0.3, -0.25) is 0 Å². The van der Waals surface area contributed by atoms with Gasteiger partial charge in [-0.25, -0.2) is 13.1 Å². The molecule has 0 saturated heterocycles. The molecule has 1 aromatic rings. The Bertz CT molecular complexity index is 467. The number of hydrogen-bond donors (Lipinski definition) is 2. The predicted octanol–water partition coefficient (Wildman–Crippen LogP) is 2.71. The van der Waals surface area contributed by atoms with E-state index in [0.29, 0.717) is 24.0 Å². The molecule has 1 rings (SSSR count).